The van der Waals surface area contributed by atoms with E-state index >= 15 is 8.78 Å². The van der Waals surface area contributed by atoms with E-state index < -0.39 is 41.4 Å². The predicted molar refractivity (Wildman–Crippen MR) is 140 cm³/mol. The van der Waals surface area contributed by atoms with Crippen LogP contribution in [0.1, 0.15) is 12.1 Å². The lowest BCUT2D eigenvalue weighted by Crippen LogP contribution is -2.44. The topological polar surface area (TPSA) is 149 Å². The Labute approximate surface area is 238 Å². The molecule has 3 saturated heterocycles. The van der Waals surface area contributed by atoms with Crippen molar-refractivity contribution in [1.29, 1.82) is 5.26 Å². The number of anilines is 1. The van der Waals surface area contributed by atoms with Gasteiger partial charge in [0, 0.05) is 49.4 Å². The number of ether oxygens (including phenoxy) is 1. The second kappa shape index (κ2) is 9.81. The highest BCUT2D eigenvalue weighted by atomic mass is 19.1. The standard InChI is InChI=1S/C28H26F2N8O4/c29-21-5-16(38-11-18(42-27(38)41)10-37-4-3-34-35-37)6-22(30)25(21)15-1-2-24(33-8-15)28(14-31)19-12-36(13-20(19)28)26(40)23-7-17(39)9-32-23/h1-6,8,17-20,23,32,39H,7,9-13H2/t17-,18+,19-,20+,23+,28+/m1/s1. The number of aliphatic hydroxyl groups is 1. The van der Waals surface area contributed by atoms with Crippen LogP contribution in [0.15, 0.2) is 42.9 Å². The molecule has 0 radical (unpaired) electrons. The van der Waals surface area contributed by atoms with Crippen LogP contribution in [0.5, 0.6) is 0 Å². The lowest BCUT2D eigenvalue weighted by Gasteiger charge is -2.25. The Bertz CT molecular complexity index is 1560. The van der Waals surface area contributed by atoms with Gasteiger partial charge in [0.15, 0.2) is 0 Å². The van der Waals surface area contributed by atoms with E-state index in [0.29, 0.717) is 31.7 Å². The second-order valence-electron chi connectivity index (χ2n) is 11.2. The highest BCUT2D eigenvalue weighted by Gasteiger charge is 2.71. The van der Waals surface area contributed by atoms with Gasteiger partial charge in [-0.1, -0.05) is 11.3 Å². The second-order valence-corrected chi connectivity index (χ2v) is 11.2. The van der Waals surface area contributed by atoms with Crippen molar-refractivity contribution in [1.82, 2.24) is 30.2 Å². The van der Waals surface area contributed by atoms with Crippen molar-refractivity contribution in [2.45, 2.75) is 36.6 Å². The van der Waals surface area contributed by atoms with E-state index in [9.17, 15) is 20.0 Å². The van der Waals surface area contributed by atoms with Gasteiger partial charge in [-0.05, 0) is 24.6 Å². The fraction of sp³-hybridized carbons (Fsp3) is 0.429. The fourth-order valence-electron chi connectivity index (χ4n) is 6.68. The molecule has 3 aromatic rings. The number of amides is 2. The van der Waals surface area contributed by atoms with Crippen LogP contribution in [0, 0.1) is 34.8 Å². The molecule has 3 aliphatic heterocycles. The summed E-state index contributed by atoms with van der Waals surface area (Å²) in [7, 11) is 0. The number of nitrogens with zero attached hydrogens (tertiary/aromatic N) is 7. The van der Waals surface area contributed by atoms with Crippen LogP contribution in [0.4, 0.5) is 19.3 Å². The highest BCUT2D eigenvalue weighted by molar-refractivity contribution is 5.90. The summed E-state index contributed by atoms with van der Waals surface area (Å²) in [6.07, 6.45) is 3.01. The molecule has 0 bridgehead atoms. The zero-order valence-electron chi connectivity index (χ0n) is 22.2. The third-order valence-corrected chi connectivity index (χ3v) is 8.83. The van der Waals surface area contributed by atoms with E-state index in [2.05, 4.69) is 26.7 Å². The van der Waals surface area contributed by atoms with Gasteiger partial charge in [0.25, 0.3) is 0 Å². The molecule has 2 N–H and O–H groups in total. The molecule has 2 aromatic heterocycles. The van der Waals surface area contributed by atoms with Crippen LogP contribution in [-0.4, -0.2) is 86.4 Å². The molecule has 6 atom stereocenters. The maximum Gasteiger partial charge on any atom is 0.414 e. The Hall–Kier alpha value is -4.48. The maximum absolute atomic E-state index is 15.3. The van der Waals surface area contributed by atoms with E-state index in [1.54, 1.807) is 17.2 Å². The molecule has 42 heavy (non-hydrogen) atoms. The molecule has 1 aliphatic carbocycles. The number of aromatic nitrogens is 4. The van der Waals surface area contributed by atoms with Gasteiger partial charge in [-0.2, -0.15) is 5.26 Å². The molecule has 4 aliphatic rings. The van der Waals surface area contributed by atoms with Crippen LogP contribution in [0.3, 0.4) is 0 Å². The van der Waals surface area contributed by atoms with Gasteiger partial charge in [0.05, 0.1) is 54.4 Å². The summed E-state index contributed by atoms with van der Waals surface area (Å²) >= 11 is 0. The van der Waals surface area contributed by atoms with Crippen LogP contribution < -0.4 is 10.2 Å². The van der Waals surface area contributed by atoms with Gasteiger partial charge >= 0.3 is 6.09 Å². The molecule has 7 rings (SSSR count). The monoisotopic (exact) mass is 576 g/mol. The molecule has 1 saturated carbocycles. The zero-order valence-corrected chi connectivity index (χ0v) is 22.2. The lowest BCUT2D eigenvalue weighted by molar-refractivity contribution is -0.132. The molecule has 4 fully saturated rings. The largest absolute Gasteiger partial charge is 0.442 e. The molecular weight excluding hydrogens is 550 g/mol. The number of nitrogens with one attached hydrogen (secondary N) is 1. The van der Waals surface area contributed by atoms with Crippen LogP contribution >= 0.6 is 0 Å². The average Bonchev–Trinajstić information content (AvgIpc) is 3.62. The normalized spacial score (nSPS) is 29.9. The summed E-state index contributed by atoms with van der Waals surface area (Å²) in [6, 6.07) is 7.27. The van der Waals surface area contributed by atoms with Crippen molar-refractivity contribution in [3.05, 3.63) is 60.2 Å². The average molecular weight is 577 g/mol. The molecule has 12 nitrogen and oxygen atoms in total. The first kappa shape index (κ1) is 26.4. The molecule has 1 aromatic carbocycles. The van der Waals surface area contributed by atoms with Gasteiger partial charge in [-0.3, -0.25) is 14.7 Å². The molecule has 2 amide bonds. The Balaban J connectivity index is 1.05. The molecule has 0 unspecified atom stereocenters. The van der Waals surface area contributed by atoms with Crippen molar-refractivity contribution in [3.8, 4) is 17.2 Å². The van der Waals surface area contributed by atoms with Gasteiger partial charge in [0.1, 0.15) is 23.2 Å². The third-order valence-electron chi connectivity index (χ3n) is 8.83. The highest BCUT2D eigenvalue weighted by Crippen LogP contribution is 2.62. The number of cyclic esters (lactones) is 1. The van der Waals surface area contributed by atoms with E-state index in [1.807, 2.05) is 0 Å². The number of β-amino-alcohol motifs (C(OH)–C–C–N with tert-alkyl or cyclic N) is 1. The summed E-state index contributed by atoms with van der Waals surface area (Å²) in [4.78, 5) is 32.6. The number of nitriles is 1. The summed E-state index contributed by atoms with van der Waals surface area (Å²) < 4.78 is 37.4. The molecule has 5 heterocycles. The summed E-state index contributed by atoms with van der Waals surface area (Å²) in [5.41, 5.74) is -0.442. The van der Waals surface area contributed by atoms with Gasteiger partial charge in [-0.15, -0.1) is 5.10 Å². The van der Waals surface area contributed by atoms with Crippen molar-refractivity contribution < 1.29 is 28.2 Å². The first-order valence-electron chi connectivity index (χ1n) is 13.7. The Morgan fingerprint density at radius 1 is 1.21 bits per heavy atom. The molecule has 0 spiro atoms. The minimum absolute atomic E-state index is 0.0278. The third kappa shape index (κ3) is 4.19. The van der Waals surface area contributed by atoms with E-state index in [1.165, 1.54) is 28.0 Å². The number of benzene rings is 1. The molecule has 216 valence electrons. The number of likely N-dealkylation sites (tertiary alicyclic amines) is 1. The molecule has 14 heteroatoms. The van der Waals surface area contributed by atoms with Gasteiger partial charge in [-0.25, -0.2) is 18.3 Å². The first-order chi connectivity index (χ1) is 20.3. The minimum atomic E-state index is -0.870. The SMILES string of the molecule is N#C[C@]1(c2ccc(-c3c(F)cc(N4C[C@H](Cn5ccnn5)OC4=O)cc3F)cn2)[C@@H]2CN(C(=O)[C@@H]3C[C@@H](O)CN3)C[C@@H]21. The number of piperidine rings is 1. The summed E-state index contributed by atoms with van der Waals surface area (Å²) in [6.45, 7) is 1.56. The zero-order chi connectivity index (χ0) is 29.2. The van der Waals surface area contributed by atoms with Crippen molar-refractivity contribution >= 4 is 17.7 Å². The number of pyridine rings is 1. The van der Waals surface area contributed by atoms with E-state index in [0.717, 1.165) is 12.1 Å². The lowest BCUT2D eigenvalue weighted by atomic mass is 9.95. The number of rotatable bonds is 6. The van der Waals surface area contributed by atoms with Crippen molar-refractivity contribution in [2.24, 2.45) is 11.8 Å². The number of hydrogen-bond acceptors (Lipinski definition) is 9. The van der Waals surface area contributed by atoms with Crippen LogP contribution in [0.2, 0.25) is 0 Å². The van der Waals surface area contributed by atoms with Crippen LogP contribution in [0.25, 0.3) is 11.1 Å². The summed E-state index contributed by atoms with van der Waals surface area (Å²) in [5, 5.41) is 30.4. The Kier molecular flexibility index (Phi) is 6.17. The smallest absolute Gasteiger partial charge is 0.414 e. The van der Waals surface area contributed by atoms with Crippen LogP contribution in [-0.2, 0) is 21.5 Å². The van der Waals surface area contributed by atoms with E-state index in [-0.39, 0.29) is 47.6 Å². The van der Waals surface area contributed by atoms with Gasteiger partial charge in [0.2, 0.25) is 5.91 Å². The summed E-state index contributed by atoms with van der Waals surface area (Å²) in [5.74, 6) is -1.98. The maximum atomic E-state index is 15.3. The quantitative estimate of drug-likeness (QED) is 0.442. The van der Waals surface area contributed by atoms with E-state index in [4.69, 9.17) is 4.74 Å². The number of aliphatic hydroxyl groups excluding tert-OH is 1. The Morgan fingerprint density at radius 2 is 1.98 bits per heavy atom. The minimum Gasteiger partial charge on any atom is -0.442 e. The number of carbonyl (C=O) groups excluding carboxylic acids is 2. The Morgan fingerprint density at radius 3 is 2.57 bits per heavy atom. The molecular formula is C28H26F2N8O4. The number of halogens is 2. The number of carbonyl (C=O) groups is 2. The van der Waals surface area contributed by atoms with Crippen molar-refractivity contribution in [3.63, 3.8) is 0 Å². The predicted octanol–water partition coefficient (Wildman–Crippen LogP) is 1.22. The van der Waals surface area contributed by atoms with Crippen molar-refractivity contribution in [2.75, 3.05) is 31.1 Å². The number of fused-ring (bicyclic) bond motifs is 1. The van der Waals surface area contributed by atoms with Gasteiger partial charge < -0.3 is 20.1 Å². The fourth-order valence-corrected chi connectivity index (χ4v) is 6.68. The number of hydrogen-bond donors (Lipinski definition) is 2. The first-order valence-corrected chi connectivity index (χ1v) is 13.7.